The van der Waals surface area contributed by atoms with E-state index in [1.165, 1.54) is 12.1 Å². The first-order valence-corrected chi connectivity index (χ1v) is 10.7. The molecule has 0 aliphatic rings. The number of nitro benzene ring substituents is 1. The summed E-state index contributed by atoms with van der Waals surface area (Å²) in [6, 6.07) is 12.7. The highest BCUT2D eigenvalue weighted by Crippen LogP contribution is 2.42. The number of anilines is 2. The molecule has 158 valence electrons. The summed E-state index contributed by atoms with van der Waals surface area (Å²) in [5.74, 6) is 2.10. The number of nitrogens with one attached hydrogen (secondary N) is 1. The van der Waals surface area contributed by atoms with E-state index in [4.69, 9.17) is 4.74 Å². The first-order chi connectivity index (χ1) is 14.9. The van der Waals surface area contributed by atoms with Crippen LogP contribution in [0.15, 0.2) is 42.5 Å². The maximum atomic E-state index is 11.2. The second kappa shape index (κ2) is 8.31. The molecular weight excluding hydrogens is 412 g/mol. The normalized spacial score (nSPS) is 11.0. The van der Waals surface area contributed by atoms with Gasteiger partial charge in [-0.2, -0.15) is 0 Å². The molecular formula is C23H22N4O3S. The summed E-state index contributed by atoms with van der Waals surface area (Å²) < 4.78 is 5.57. The van der Waals surface area contributed by atoms with Crippen molar-refractivity contribution >= 4 is 38.7 Å². The molecule has 2 aromatic carbocycles. The molecule has 7 nitrogen and oxygen atoms in total. The van der Waals surface area contributed by atoms with Crippen LogP contribution in [-0.2, 0) is 0 Å². The zero-order valence-electron chi connectivity index (χ0n) is 17.7. The van der Waals surface area contributed by atoms with Crippen LogP contribution in [0.2, 0.25) is 0 Å². The van der Waals surface area contributed by atoms with Gasteiger partial charge in [0.2, 0.25) is 0 Å². The highest BCUT2D eigenvalue weighted by Gasteiger charge is 2.19. The van der Waals surface area contributed by atoms with E-state index in [-0.39, 0.29) is 5.69 Å². The largest absolute Gasteiger partial charge is 0.494 e. The predicted octanol–water partition coefficient (Wildman–Crippen LogP) is 6.33. The van der Waals surface area contributed by atoms with Crippen molar-refractivity contribution in [1.82, 2.24) is 9.97 Å². The Morgan fingerprint density at radius 3 is 2.52 bits per heavy atom. The maximum Gasteiger partial charge on any atom is 0.271 e. The minimum atomic E-state index is -0.397. The lowest BCUT2D eigenvalue weighted by Crippen LogP contribution is -2.01. The van der Waals surface area contributed by atoms with Crippen LogP contribution in [0.1, 0.15) is 23.2 Å². The Hall–Kier alpha value is -3.52. The summed E-state index contributed by atoms with van der Waals surface area (Å²) in [5, 5.41) is 15.5. The Balaban J connectivity index is 1.87. The topological polar surface area (TPSA) is 90.2 Å². The molecule has 0 saturated carbocycles. The van der Waals surface area contributed by atoms with Crippen molar-refractivity contribution < 1.29 is 9.66 Å². The van der Waals surface area contributed by atoms with Crippen LogP contribution in [0.4, 0.5) is 17.2 Å². The number of nitrogens with zero attached hydrogens (tertiary/aromatic N) is 3. The summed E-state index contributed by atoms with van der Waals surface area (Å²) in [7, 11) is 0. The van der Waals surface area contributed by atoms with Crippen molar-refractivity contribution in [2.75, 3.05) is 11.9 Å². The van der Waals surface area contributed by atoms with E-state index < -0.39 is 4.92 Å². The second-order valence-corrected chi connectivity index (χ2v) is 8.37. The van der Waals surface area contributed by atoms with E-state index in [0.717, 1.165) is 37.5 Å². The van der Waals surface area contributed by atoms with Crippen molar-refractivity contribution in [3.63, 3.8) is 0 Å². The number of non-ortho nitro benzene ring substituents is 1. The van der Waals surface area contributed by atoms with Gasteiger partial charge in [-0.25, -0.2) is 9.97 Å². The fourth-order valence-electron chi connectivity index (χ4n) is 3.53. The van der Waals surface area contributed by atoms with Gasteiger partial charge in [0.1, 0.15) is 22.2 Å². The van der Waals surface area contributed by atoms with Gasteiger partial charge in [0.15, 0.2) is 0 Å². The third kappa shape index (κ3) is 4.06. The fraction of sp³-hybridized carbons (Fsp3) is 0.217. The van der Waals surface area contributed by atoms with E-state index in [2.05, 4.69) is 22.2 Å². The molecule has 31 heavy (non-hydrogen) atoms. The highest BCUT2D eigenvalue weighted by molar-refractivity contribution is 7.19. The Morgan fingerprint density at radius 1 is 1.10 bits per heavy atom. The van der Waals surface area contributed by atoms with Crippen LogP contribution in [0.25, 0.3) is 21.3 Å². The zero-order valence-corrected chi connectivity index (χ0v) is 18.5. The summed E-state index contributed by atoms with van der Waals surface area (Å²) in [4.78, 5) is 22.1. The zero-order chi connectivity index (χ0) is 22.1. The minimum absolute atomic E-state index is 0.0309. The summed E-state index contributed by atoms with van der Waals surface area (Å²) >= 11 is 1.61. The quantitative estimate of drug-likeness (QED) is 0.281. The van der Waals surface area contributed by atoms with Crippen LogP contribution in [-0.4, -0.2) is 21.5 Å². The Bertz CT molecular complexity index is 1280. The third-order valence-electron chi connectivity index (χ3n) is 4.98. The molecule has 1 N–H and O–H groups in total. The number of benzene rings is 2. The number of nitro groups is 1. The van der Waals surface area contributed by atoms with Gasteiger partial charge < -0.3 is 10.1 Å². The predicted molar refractivity (Wildman–Crippen MR) is 125 cm³/mol. The van der Waals surface area contributed by atoms with Crippen molar-refractivity contribution in [2.24, 2.45) is 0 Å². The standard InChI is InChI=1S/C23H22N4O3S/c1-5-30-18-10-7-16(8-11-18)20-14(3)31-23-21(20)22(24-15(4)25-23)26-19-12-17(27(28)29)9-6-13(19)2/h6-12H,5H2,1-4H3,(H,24,25,26). The first-order valence-electron chi connectivity index (χ1n) is 9.90. The van der Waals surface area contributed by atoms with Gasteiger partial charge in [0, 0.05) is 28.3 Å². The molecule has 0 fully saturated rings. The van der Waals surface area contributed by atoms with Gasteiger partial charge in [-0.1, -0.05) is 18.2 Å². The molecule has 2 aromatic heterocycles. The summed E-state index contributed by atoms with van der Waals surface area (Å²) in [5.41, 5.74) is 3.66. The molecule has 0 amide bonds. The van der Waals surface area contributed by atoms with Crippen LogP contribution >= 0.6 is 11.3 Å². The monoisotopic (exact) mass is 434 g/mol. The van der Waals surface area contributed by atoms with Gasteiger partial charge in [0.25, 0.3) is 5.69 Å². The summed E-state index contributed by atoms with van der Waals surface area (Å²) in [6.07, 6.45) is 0. The SMILES string of the molecule is CCOc1ccc(-c2c(C)sc3nc(C)nc(Nc4cc([N+](=O)[O-])ccc4C)c23)cc1. The van der Waals surface area contributed by atoms with Crippen molar-refractivity contribution in [1.29, 1.82) is 0 Å². The Labute approximate surface area is 183 Å². The summed E-state index contributed by atoms with van der Waals surface area (Å²) in [6.45, 7) is 8.39. The molecule has 0 atom stereocenters. The fourth-order valence-corrected chi connectivity index (χ4v) is 4.62. The molecule has 2 heterocycles. The molecule has 4 aromatic rings. The molecule has 0 unspecified atom stereocenters. The van der Waals surface area contributed by atoms with Gasteiger partial charge >= 0.3 is 0 Å². The number of ether oxygens (including phenoxy) is 1. The molecule has 0 aliphatic heterocycles. The van der Waals surface area contributed by atoms with Crippen molar-refractivity contribution in [3.8, 4) is 16.9 Å². The smallest absolute Gasteiger partial charge is 0.271 e. The van der Waals surface area contributed by atoms with E-state index in [9.17, 15) is 10.1 Å². The van der Waals surface area contributed by atoms with Crippen LogP contribution < -0.4 is 10.1 Å². The Kier molecular flexibility index (Phi) is 5.56. The van der Waals surface area contributed by atoms with Gasteiger partial charge in [-0.05, 0) is 51.0 Å². The van der Waals surface area contributed by atoms with E-state index >= 15 is 0 Å². The number of aryl methyl sites for hydroxylation is 3. The molecule has 0 bridgehead atoms. The van der Waals surface area contributed by atoms with Gasteiger partial charge in [-0.3, -0.25) is 10.1 Å². The van der Waals surface area contributed by atoms with Crippen LogP contribution in [0, 0.1) is 30.9 Å². The lowest BCUT2D eigenvalue weighted by Gasteiger charge is -2.12. The molecule has 8 heteroatoms. The van der Waals surface area contributed by atoms with Gasteiger partial charge in [0.05, 0.1) is 16.9 Å². The average molecular weight is 435 g/mol. The first kappa shape index (κ1) is 20.7. The second-order valence-electron chi connectivity index (χ2n) is 7.17. The number of fused-ring (bicyclic) bond motifs is 1. The molecule has 4 rings (SSSR count). The van der Waals surface area contributed by atoms with Crippen LogP contribution in [0.5, 0.6) is 5.75 Å². The van der Waals surface area contributed by atoms with E-state index in [1.54, 1.807) is 17.4 Å². The number of hydrogen-bond donors (Lipinski definition) is 1. The number of hydrogen-bond acceptors (Lipinski definition) is 7. The third-order valence-corrected chi connectivity index (χ3v) is 5.98. The maximum absolute atomic E-state index is 11.2. The van der Waals surface area contributed by atoms with Crippen LogP contribution in [0.3, 0.4) is 0 Å². The van der Waals surface area contributed by atoms with Gasteiger partial charge in [-0.15, -0.1) is 11.3 Å². The number of rotatable bonds is 6. The average Bonchev–Trinajstić information content (AvgIpc) is 3.06. The highest BCUT2D eigenvalue weighted by atomic mass is 32.1. The van der Waals surface area contributed by atoms with Crippen molar-refractivity contribution in [2.45, 2.75) is 27.7 Å². The Morgan fingerprint density at radius 2 is 1.84 bits per heavy atom. The lowest BCUT2D eigenvalue weighted by atomic mass is 10.0. The molecule has 0 radical (unpaired) electrons. The molecule has 0 saturated heterocycles. The molecule has 0 spiro atoms. The van der Waals surface area contributed by atoms with E-state index in [0.29, 0.717) is 23.9 Å². The minimum Gasteiger partial charge on any atom is -0.494 e. The van der Waals surface area contributed by atoms with Crippen molar-refractivity contribution in [3.05, 3.63) is 68.8 Å². The molecule has 0 aliphatic carbocycles. The van der Waals surface area contributed by atoms with E-state index in [1.807, 2.05) is 45.0 Å². The number of aromatic nitrogens is 2. The lowest BCUT2D eigenvalue weighted by molar-refractivity contribution is -0.384. The number of thiophene rings is 1.